The summed E-state index contributed by atoms with van der Waals surface area (Å²) >= 11 is 0. The maximum Gasteiger partial charge on any atom is 0.314 e. The lowest BCUT2D eigenvalue weighted by Crippen LogP contribution is -2.19. The summed E-state index contributed by atoms with van der Waals surface area (Å²) in [5, 5.41) is 20.8. The number of rotatable bonds is 4. The average Bonchev–Trinajstić information content (AvgIpc) is 3.11. The van der Waals surface area contributed by atoms with Crippen LogP contribution in [0.4, 0.5) is 0 Å². The predicted octanol–water partition coefficient (Wildman–Crippen LogP) is 1.34. The van der Waals surface area contributed by atoms with Crippen LogP contribution in [0.15, 0.2) is 24.3 Å². The van der Waals surface area contributed by atoms with Gasteiger partial charge in [0.15, 0.2) is 5.82 Å². The molecule has 1 aliphatic rings. The van der Waals surface area contributed by atoms with Gasteiger partial charge in [0.05, 0.1) is 11.1 Å². The van der Waals surface area contributed by atoms with Gasteiger partial charge in [-0.05, 0) is 41.0 Å². The van der Waals surface area contributed by atoms with Crippen molar-refractivity contribution in [1.82, 2.24) is 20.2 Å². The number of aliphatic carboxylic acids is 1. The smallest absolute Gasteiger partial charge is 0.314 e. The molecule has 0 spiro atoms. The molecule has 0 aliphatic heterocycles. The number of hydrogen-bond donors (Lipinski definition) is 1. The van der Waals surface area contributed by atoms with Crippen molar-refractivity contribution in [3.05, 3.63) is 35.7 Å². The summed E-state index contributed by atoms with van der Waals surface area (Å²) in [7, 11) is 0. The van der Waals surface area contributed by atoms with Crippen LogP contribution in [0.25, 0.3) is 5.69 Å². The van der Waals surface area contributed by atoms with E-state index in [1.54, 1.807) is 4.68 Å². The molecular weight excluding hydrogens is 244 g/mol. The minimum Gasteiger partial charge on any atom is -0.481 e. The number of aromatic nitrogens is 4. The molecule has 1 saturated carbocycles. The number of tetrazole rings is 1. The molecule has 0 unspecified atom stereocenters. The van der Waals surface area contributed by atoms with Crippen LogP contribution >= 0.6 is 0 Å². The highest BCUT2D eigenvalue weighted by atomic mass is 16.4. The predicted molar refractivity (Wildman–Crippen MR) is 67.1 cm³/mol. The van der Waals surface area contributed by atoms with Crippen molar-refractivity contribution in [2.24, 2.45) is 0 Å². The van der Waals surface area contributed by atoms with E-state index in [0.29, 0.717) is 12.8 Å². The Morgan fingerprint density at radius 3 is 2.58 bits per heavy atom. The normalized spacial score (nSPS) is 16.3. The van der Waals surface area contributed by atoms with Crippen molar-refractivity contribution in [1.29, 1.82) is 0 Å². The molecule has 0 radical (unpaired) electrons. The van der Waals surface area contributed by atoms with Crippen molar-refractivity contribution >= 4 is 5.97 Å². The summed E-state index contributed by atoms with van der Waals surface area (Å²) in [6.45, 7) is 1.99. The van der Waals surface area contributed by atoms with E-state index < -0.39 is 11.4 Å². The van der Waals surface area contributed by atoms with E-state index in [2.05, 4.69) is 15.5 Å². The zero-order valence-corrected chi connectivity index (χ0v) is 10.6. The van der Waals surface area contributed by atoms with E-state index in [-0.39, 0.29) is 0 Å². The molecule has 6 heteroatoms. The van der Waals surface area contributed by atoms with Gasteiger partial charge in [0.2, 0.25) is 0 Å². The fourth-order valence-corrected chi connectivity index (χ4v) is 2.30. The lowest BCUT2D eigenvalue weighted by Gasteiger charge is -2.11. The first-order valence-corrected chi connectivity index (χ1v) is 6.29. The first kappa shape index (κ1) is 11.8. The van der Waals surface area contributed by atoms with E-state index in [1.807, 2.05) is 31.2 Å². The molecule has 1 heterocycles. The van der Waals surface area contributed by atoms with Crippen molar-refractivity contribution < 1.29 is 9.90 Å². The van der Waals surface area contributed by atoms with Gasteiger partial charge in [-0.15, -0.1) is 5.10 Å². The summed E-state index contributed by atoms with van der Waals surface area (Å²) in [6, 6.07) is 7.46. The fourth-order valence-electron chi connectivity index (χ4n) is 2.30. The minimum atomic E-state index is -0.739. The second kappa shape index (κ2) is 4.15. The van der Waals surface area contributed by atoms with Gasteiger partial charge in [-0.2, -0.15) is 4.68 Å². The summed E-state index contributed by atoms with van der Waals surface area (Å²) in [6.07, 6.45) is 2.17. The van der Waals surface area contributed by atoms with E-state index in [0.717, 1.165) is 23.5 Å². The number of carboxylic acid groups (broad SMARTS) is 1. The van der Waals surface area contributed by atoms with E-state index in [1.165, 1.54) is 0 Å². The van der Waals surface area contributed by atoms with Crippen molar-refractivity contribution in [2.75, 3.05) is 0 Å². The van der Waals surface area contributed by atoms with Crippen LogP contribution in [0.2, 0.25) is 0 Å². The molecule has 1 fully saturated rings. The van der Waals surface area contributed by atoms with Gasteiger partial charge in [0.1, 0.15) is 0 Å². The molecule has 19 heavy (non-hydrogen) atoms. The Bertz CT molecular complexity index is 614. The third-order valence-corrected chi connectivity index (χ3v) is 3.67. The third kappa shape index (κ3) is 1.80. The van der Waals surface area contributed by atoms with Gasteiger partial charge in [0.25, 0.3) is 0 Å². The molecule has 1 N–H and O–H groups in total. The summed E-state index contributed by atoms with van der Waals surface area (Å²) in [4.78, 5) is 11.3. The fraction of sp³-hybridized carbons (Fsp3) is 0.385. The quantitative estimate of drug-likeness (QED) is 0.895. The third-order valence-electron chi connectivity index (χ3n) is 3.67. The summed E-state index contributed by atoms with van der Waals surface area (Å²) in [5.74, 6) is 0.0454. The highest BCUT2D eigenvalue weighted by Gasteiger charge is 2.51. The SMILES string of the molecule is CCc1nnnn1-c1ccc(C2(C(=O)O)CC2)cc1. The van der Waals surface area contributed by atoms with Crippen LogP contribution in [-0.4, -0.2) is 31.3 Å². The Hall–Kier alpha value is -2.24. The molecule has 6 nitrogen and oxygen atoms in total. The highest BCUT2D eigenvalue weighted by molar-refractivity contribution is 5.84. The largest absolute Gasteiger partial charge is 0.481 e. The highest BCUT2D eigenvalue weighted by Crippen LogP contribution is 2.48. The monoisotopic (exact) mass is 258 g/mol. The van der Waals surface area contributed by atoms with Crippen molar-refractivity contribution in [3.8, 4) is 5.69 Å². The zero-order valence-electron chi connectivity index (χ0n) is 10.6. The van der Waals surface area contributed by atoms with Gasteiger partial charge in [0, 0.05) is 6.42 Å². The number of nitrogens with zero attached hydrogens (tertiary/aromatic N) is 4. The number of carbonyl (C=O) groups is 1. The summed E-state index contributed by atoms with van der Waals surface area (Å²) < 4.78 is 1.67. The van der Waals surface area contributed by atoms with Crippen LogP contribution in [0.5, 0.6) is 0 Å². The van der Waals surface area contributed by atoms with Crippen LogP contribution in [0, 0.1) is 0 Å². The average molecular weight is 258 g/mol. The molecule has 0 atom stereocenters. The van der Waals surface area contributed by atoms with E-state index >= 15 is 0 Å². The maximum atomic E-state index is 11.3. The minimum absolute atomic E-state index is 0.660. The molecular formula is C13H14N4O2. The Kier molecular flexibility index (Phi) is 2.58. The van der Waals surface area contributed by atoms with Gasteiger partial charge >= 0.3 is 5.97 Å². The maximum absolute atomic E-state index is 11.3. The molecule has 1 aromatic heterocycles. The Labute approximate surface area is 110 Å². The first-order valence-electron chi connectivity index (χ1n) is 6.29. The standard InChI is InChI=1S/C13H14N4O2/c1-2-11-14-15-16-17(11)10-5-3-9(4-6-10)13(7-8-13)12(18)19/h3-6H,2,7-8H2,1H3,(H,18,19). The summed E-state index contributed by atoms with van der Waals surface area (Å²) in [5.41, 5.74) is 1.05. The van der Waals surface area contributed by atoms with Gasteiger partial charge in [-0.1, -0.05) is 19.1 Å². The van der Waals surface area contributed by atoms with E-state index in [9.17, 15) is 9.90 Å². The van der Waals surface area contributed by atoms with Gasteiger partial charge in [-0.25, -0.2) is 0 Å². The molecule has 2 aromatic rings. The molecule has 1 aliphatic carbocycles. The molecule has 3 rings (SSSR count). The first-order chi connectivity index (χ1) is 9.17. The molecule has 0 amide bonds. The van der Waals surface area contributed by atoms with Crippen LogP contribution in [0.1, 0.15) is 31.2 Å². The molecule has 1 aromatic carbocycles. The van der Waals surface area contributed by atoms with Crippen LogP contribution in [0.3, 0.4) is 0 Å². The number of benzene rings is 1. The Morgan fingerprint density at radius 2 is 2.05 bits per heavy atom. The van der Waals surface area contributed by atoms with Gasteiger partial charge < -0.3 is 5.11 Å². The lowest BCUT2D eigenvalue weighted by atomic mass is 9.96. The Balaban J connectivity index is 1.94. The number of carboxylic acids is 1. The topological polar surface area (TPSA) is 80.9 Å². The van der Waals surface area contributed by atoms with Crippen molar-refractivity contribution in [3.63, 3.8) is 0 Å². The molecule has 98 valence electrons. The second-order valence-corrected chi connectivity index (χ2v) is 4.79. The zero-order chi connectivity index (χ0) is 13.5. The second-order valence-electron chi connectivity index (χ2n) is 4.79. The Morgan fingerprint density at radius 1 is 1.37 bits per heavy atom. The van der Waals surface area contributed by atoms with Gasteiger partial charge in [-0.3, -0.25) is 4.79 Å². The van der Waals surface area contributed by atoms with Crippen LogP contribution < -0.4 is 0 Å². The lowest BCUT2D eigenvalue weighted by molar-refractivity contribution is -0.140. The molecule has 0 bridgehead atoms. The van der Waals surface area contributed by atoms with Crippen LogP contribution in [-0.2, 0) is 16.6 Å². The number of hydrogen-bond acceptors (Lipinski definition) is 4. The van der Waals surface area contributed by atoms with Crippen molar-refractivity contribution in [2.45, 2.75) is 31.6 Å². The van der Waals surface area contributed by atoms with E-state index in [4.69, 9.17) is 0 Å². The molecule has 0 saturated heterocycles. The number of aryl methyl sites for hydroxylation is 1.